The lowest BCUT2D eigenvalue weighted by Crippen LogP contribution is -2.39. The van der Waals surface area contributed by atoms with Crippen molar-refractivity contribution in [2.75, 3.05) is 6.54 Å². The van der Waals surface area contributed by atoms with Crippen molar-refractivity contribution in [1.82, 2.24) is 14.3 Å². The van der Waals surface area contributed by atoms with Crippen LogP contribution in [0.25, 0.3) is 5.65 Å². The van der Waals surface area contributed by atoms with E-state index in [1.54, 1.807) is 0 Å². The molecule has 1 N–H and O–H groups in total. The van der Waals surface area contributed by atoms with Crippen molar-refractivity contribution in [1.29, 1.82) is 0 Å². The minimum atomic E-state index is -0.821. The van der Waals surface area contributed by atoms with Crippen LogP contribution in [0.4, 0.5) is 0 Å². The van der Waals surface area contributed by atoms with Crippen LogP contribution in [-0.2, 0) is 17.8 Å². The van der Waals surface area contributed by atoms with E-state index < -0.39 is 5.97 Å². The van der Waals surface area contributed by atoms with Crippen molar-refractivity contribution in [2.24, 2.45) is 0 Å². The molecular formula is C18H25N3O2. The van der Waals surface area contributed by atoms with Gasteiger partial charge in [-0.05, 0) is 44.4 Å². The second-order valence-electron chi connectivity index (χ2n) is 6.49. The third kappa shape index (κ3) is 3.24. The van der Waals surface area contributed by atoms with Gasteiger partial charge in [0.1, 0.15) is 5.65 Å². The van der Waals surface area contributed by atoms with E-state index in [4.69, 9.17) is 0 Å². The number of aromatic nitrogens is 2. The Morgan fingerprint density at radius 3 is 3.00 bits per heavy atom. The molecule has 1 aliphatic heterocycles. The average molecular weight is 315 g/mol. The summed E-state index contributed by atoms with van der Waals surface area (Å²) >= 11 is 0. The summed E-state index contributed by atoms with van der Waals surface area (Å²) in [6, 6.07) is 4.62. The molecular weight excluding hydrogens is 290 g/mol. The molecule has 5 heteroatoms. The van der Waals surface area contributed by atoms with E-state index in [2.05, 4.69) is 21.2 Å². The maximum absolute atomic E-state index is 11.2. The Labute approximate surface area is 136 Å². The van der Waals surface area contributed by atoms with Crippen LogP contribution in [-0.4, -0.2) is 37.9 Å². The SMILES string of the molecule is CCC1CCCCN1Cc1c(CC(=O)O)nc2c(C)cccn12. The largest absolute Gasteiger partial charge is 0.481 e. The molecule has 1 aliphatic rings. The fraction of sp³-hybridized carbons (Fsp3) is 0.556. The molecule has 23 heavy (non-hydrogen) atoms. The van der Waals surface area contributed by atoms with Crippen molar-refractivity contribution < 1.29 is 9.90 Å². The summed E-state index contributed by atoms with van der Waals surface area (Å²) in [6.07, 6.45) is 6.89. The summed E-state index contributed by atoms with van der Waals surface area (Å²) in [5, 5.41) is 9.23. The molecule has 3 rings (SSSR count). The zero-order valence-electron chi connectivity index (χ0n) is 14.0. The van der Waals surface area contributed by atoms with Gasteiger partial charge in [-0.1, -0.05) is 19.4 Å². The number of hydrogen-bond donors (Lipinski definition) is 1. The molecule has 0 bridgehead atoms. The van der Waals surface area contributed by atoms with Gasteiger partial charge in [0, 0.05) is 18.8 Å². The van der Waals surface area contributed by atoms with Gasteiger partial charge in [-0.25, -0.2) is 4.98 Å². The number of carbonyl (C=O) groups is 1. The topological polar surface area (TPSA) is 57.8 Å². The smallest absolute Gasteiger partial charge is 0.309 e. The van der Waals surface area contributed by atoms with Crippen LogP contribution in [0.15, 0.2) is 18.3 Å². The molecule has 0 spiro atoms. The van der Waals surface area contributed by atoms with Crippen molar-refractivity contribution in [3.63, 3.8) is 0 Å². The predicted molar refractivity (Wildman–Crippen MR) is 89.6 cm³/mol. The number of carboxylic acid groups (broad SMARTS) is 1. The van der Waals surface area contributed by atoms with Gasteiger partial charge in [0.25, 0.3) is 0 Å². The minimum Gasteiger partial charge on any atom is -0.481 e. The van der Waals surface area contributed by atoms with E-state index in [0.717, 1.165) is 36.4 Å². The zero-order chi connectivity index (χ0) is 16.4. The molecule has 0 aliphatic carbocycles. The van der Waals surface area contributed by atoms with Gasteiger partial charge >= 0.3 is 5.97 Å². The quantitative estimate of drug-likeness (QED) is 0.921. The number of nitrogens with zero attached hydrogens (tertiary/aromatic N) is 3. The average Bonchev–Trinajstić information content (AvgIpc) is 2.86. The number of carboxylic acids is 1. The molecule has 3 heterocycles. The van der Waals surface area contributed by atoms with Crippen molar-refractivity contribution in [3.8, 4) is 0 Å². The lowest BCUT2D eigenvalue weighted by Gasteiger charge is -2.35. The first kappa shape index (κ1) is 16.0. The van der Waals surface area contributed by atoms with Crippen LogP contribution >= 0.6 is 0 Å². The molecule has 5 nitrogen and oxygen atoms in total. The fourth-order valence-electron chi connectivity index (χ4n) is 3.67. The van der Waals surface area contributed by atoms with Crippen LogP contribution in [0.2, 0.25) is 0 Å². The van der Waals surface area contributed by atoms with Gasteiger partial charge in [0.15, 0.2) is 0 Å². The third-order valence-electron chi connectivity index (χ3n) is 4.92. The second kappa shape index (κ2) is 6.71. The highest BCUT2D eigenvalue weighted by molar-refractivity contribution is 5.70. The lowest BCUT2D eigenvalue weighted by atomic mass is 9.99. The first-order valence-corrected chi connectivity index (χ1v) is 8.51. The Balaban J connectivity index is 2.00. The first-order chi connectivity index (χ1) is 11.1. The van der Waals surface area contributed by atoms with Crippen LogP contribution in [0.5, 0.6) is 0 Å². The maximum Gasteiger partial charge on any atom is 0.309 e. The van der Waals surface area contributed by atoms with Crippen molar-refractivity contribution in [2.45, 2.75) is 58.5 Å². The Morgan fingerprint density at radius 1 is 1.43 bits per heavy atom. The van der Waals surface area contributed by atoms with Gasteiger partial charge in [0.05, 0.1) is 17.8 Å². The van der Waals surface area contributed by atoms with Gasteiger partial charge in [-0.2, -0.15) is 0 Å². The number of aliphatic carboxylic acids is 1. The number of fused-ring (bicyclic) bond motifs is 1. The highest BCUT2D eigenvalue weighted by Crippen LogP contribution is 2.24. The molecule has 1 atom stereocenters. The highest BCUT2D eigenvalue weighted by atomic mass is 16.4. The molecule has 0 radical (unpaired) electrons. The van der Waals surface area contributed by atoms with Crippen molar-refractivity contribution in [3.05, 3.63) is 35.3 Å². The molecule has 0 saturated carbocycles. The molecule has 2 aromatic heterocycles. The normalized spacial score (nSPS) is 19.3. The Kier molecular flexibility index (Phi) is 4.66. The summed E-state index contributed by atoms with van der Waals surface area (Å²) < 4.78 is 2.08. The summed E-state index contributed by atoms with van der Waals surface area (Å²) in [5.41, 5.74) is 3.69. The zero-order valence-corrected chi connectivity index (χ0v) is 14.0. The van der Waals surface area contributed by atoms with Crippen LogP contribution in [0, 0.1) is 6.92 Å². The first-order valence-electron chi connectivity index (χ1n) is 8.51. The predicted octanol–water partition coefficient (Wildman–Crippen LogP) is 3.03. The molecule has 1 unspecified atom stereocenters. The number of likely N-dealkylation sites (tertiary alicyclic amines) is 1. The number of rotatable bonds is 5. The van der Waals surface area contributed by atoms with E-state index in [1.807, 2.05) is 25.3 Å². The maximum atomic E-state index is 11.2. The lowest BCUT2D eigenvalue weighted by molar-refractivity contribution is -0.136. The van der Waals surface area contributed by atoms with E-state index in [-0.39, 0.29) is 6.42 Å². The summed E-state index contributed by atoms with van der Waals surface area (Å²) in [4.78, 5) is 18.4. The van der Waals surface area contributed by atoms with Gasteiger partial charge in [-0.15, -0.1) is 0 Å². The Morgan fingerprint density at radius 2 is 2.26 bits per heavy atom. The molecule has 0 amide bonds. The monoisotopic (exact) mass is 315 g/mol. The molecule has 2 aromatic rings. The summed E-state index contributed by atoms with van der Waals surface area (Å²) in [6.45, 7) is 6.13. The third-order valence-corrected chi connectivity index (χ3v) is 4.92. The summed E-state index contributed by atoms with van der Waals surface area (Å²) in [5.74, 6) is -0.821. The number of hydrogen-bond acceptors (Lipinski definition) is 3. The standard InChI is InChI=1S/C18H25N3O2/c1-3-14-8-4-5-9-20(14)12-16-15(11-17(22)23)19-18-13(2)7-6-10-21(16)18/h6-7,10,14H,3-5,8-9,11-12H2,1-2H3,(H,22,23). The fourth-order valence-corrected chi connectivity index (χ4v) is 3.67. The molecule has 1 saturated heterocycles. The van der Waals surface area contributed by atoms with E-state index in [1.165, 1.54) is 19.3 Å². The Hall–Kier alpha value is -1.88. The highest BCUT2D eigenvalue weighted by Gasteiger charge is 2.24. The number of piperidine rings is 1. The molecule has 1 fully saturated rings. The van der Waals surface area contributed by atoms with Crippen molar-refractivity contribution >= 4 is 11.6 Å². The van der Waals surface area contributed by atoms with Crippen LogP contribution in [0.1, 0.15) is 49.6 Å². The number of pyridine rings is 1. The molecule has 124 valence electrons. The minimum absolute atomic E-state index is 0.0128. The van der Waals surface area contributed by atoms with Gasteiger partial charge < -0.3 is 9.51 Å². The van der Waals surface area contributed by atoms with E-state index in [9.17, 15) is 9.90 Å². The van der Waals surface area contributed by atoms with Gasteiger partial charge in [-0.3, -0.25) is 9.69 Å². The summed E-state index contributed by atoms with van der Waals surface area (Å²) in [7, 11) is 0. The number of aryl methyl sites for hydroxylation is 1. The molecule has 0 aromatic carbocycles. The Bertz CT molecular complexity index is 708. The van der Waals surface area contributed by atoms with Gasteiger partial charge in [0.2, 0.25) is 0 Å². The second-order valence-corrected chi connectivity index (χ2v) is 6.49. The van der Waals surface area contributed by atoms with Crippen LogP contribution < -0.4 is 0 Å². The van der Waals surface area contributed by atoms with Crippen LogP contribution in [0.3, 0.4) is 0 Å². The van der Waals surface area contributed by atoms with E-state index in [0.29, 0.717) is 11.7 Å². The number of imidazole rings is 1. The van der Waals surface area contributed by atoms with E-state index >= 15 is 0 Å².